The first-order chi connectivity index (χ1) is 18.1. The van der Waals surface area contributed by atoms with Crippen LogP contribution >= 0.6 is 0 Å². The fourth-order valence-corrected chi connectivity index (χ4v) is 9.71. The smallest absolute Gasteiger partial charge is 0.193 e. The van der Waals surface area contributed by atoms with Gasteiger partial charge in [-0.25, -0.2) is 0 Å². The molecular weight excluding hydrogens is 480 g/mol. The SMILES string of the molecule is CC(C)COCC(=O)[C@@]12O[C@H](C3CCCCC3)O[C@@H]1CC1C3CCC4=CC(=O)C=C[C@]4(C)C3[C@@H](O)C[C@@]12C. The monoisotopic (exact) mass is 526 g/mol. The maximum absolute atomic E-state index is 14.2. The number of ketones is 2. The number of rotatable bonds is 6. The van der Waals surface area contributed by atoms with Crippen molar-refractivity contribution in [3.05, 3.63) is 23.8 Å². The average molecular weight is 527 g/mol. The first-order valence-corrected chi connectivity index (χ1v) is 15.2. The van der Waals surface area contributed by atoms with Crippen molar-refractivity contribution >= 4 is 11.6 Å². The van der Waals surface area contributed by atoms with Gasteiger partial charge in [0.05, 0.1) is 12.2 Å². The van der Waals surface area contributed by atoms with Crippen LogP contribution in [0.25, 0.3) is 0 Å². The molecule has 9 atom stereocenters. The normalized spacial score (nSPS) is 46.4. The molecule has 0 amide bonds. The van der Waals surface area contributed by atoms with Crippen molar-refractivity contribution in [2.75, 3.05) is 13.2 Å². The van der Waals surface area contributed by atoms with E-state index in [1.54, 1.807) is 12.2 Å². The first-order valence-electron chi connectivity index (χ1n) is 15.2. The third kappa shape index (κ3) is 3.88. The molecule has 5 fully saturated rings. The second kappa shape index (κ2) is 9.64. The van der Waals surface area contributed by atoms with E-state index < -0.39 is 17.1 Å². The van der Waals surface area contributed by atoms with Gasteiger partial charge in [0, 0.05) is 29.3 Å². The predicted octanol–water partition coefficient (Wildman–Crippen LogP) is 5.18. The molecule has 6 rings (SSSR count). The summed E-state index contributed by atoms with van der Waals surface area (Å²) < 4.78 is 19.6. The Morgan fingerprint density at radius 3 is 2.68 bits per heavy atom. The van der Waals surface area contributed by atoms with Gasteiger partial charge in [-0.3, -0.25) is 9.59 Å². The molecule has 0 bridgehead atoms. The van der Waals surface area contributed by atoms with Crippen LogP contribution in [0, 0.1) is 40.4 Å². The van der Waals surface area contributed by atoms with Gasteiger partial charge < -0.3 is 19.3 Å². The molecule has 6 heteroatoms. The molecule has 0 radical (unpaired) electrons. The predicted molar refractivity (Wildman–Crippen MR) is 143 cm³/mol. The summed E-state index contributed by atoms with van der Waals surface area (Å²) in [5.41, 5.74) is -0.812. The number of aliphatic hydroxyl groups excluding tert-OH is 1. The summed E-state index contributed by atoms with van der Waals surface area (Å²) in [6.45, 7) is 9.11. The number of hydrogen-bond donors (Lipinski definition) is 1. The van der Waals surface area contributed by atoms with E-state index in [4.69, 9.17) is 14.2 Å². The molecule has 6 aliphatic rings. The summed E-state index contributed by atoms with van der Waals surface area (Å²) in [7, 11) is 0. The molecule has 0 aromatic carbocycles. The summed E-state index contributed by atoms with van der Waals surface area (Å²) in [6, 6.07) is 0. The molecule has 1 heterocycles. The number of fused-ring (bicyclic) bond motifs is 7. The van der Waals surface area contributed by atoms with Gasteiger partial charge in [-0.1, -0.05) is 58.6 Å². The van der Waals surface area contributed by atoms with Crippen molar-refractivity contribution in [1.29, 1.82) is 0 Å². The van der Waals surface area contributed by atoms with Crippen molar-refractivity contribution in [2.45, 2.75) is 110 Å². The Morgan fingerprint density at radius 1 is 1.18 bits per heavy atom. The highest BCUT2D eigenvalue weighted by atomic mass is 16.7. The lowest BCUT2D eigenvalue weighted by Gasteiger charge is -2.59. The Labute approximate surface area is 227 Å². The number of Topliss-reactive ketones (excluding diaryl/α,β-unsaturated/α-hetero) is 1. The van der Waals surface area contributed by atoms with Crippen molar-refractivity contribution in [3.8, 4) is 0 Å². The minimum atomic E-state index is -1.09. The van der Waals surface area contributed by atoms with E-state index in [2.05, 4.69) is 27.7 Å². The Balaban J connectivity index is 1.34. The van der Waals surface area contributed by atoms with E-state index in [-0.39, 0.29) is 53.7 Å². The second-order valence-corrected chi connectivity index (χ2v) is 14.0. The Hall–Kier alpha value is -1.34. The zero-order chi connectivity index (χ0) is 26.9. The third-order valence-corrected chi connectivity index (χ3v) is 11.4. The van der Waals surface area contributed by atoms with Gasteiger partial charge in [-0.2, -0.15) is 0 Å². The lowest BCUT2D eigenvalue weighted by Crippen LogP contribution is -2.63. The van der Waals surface area contributed by atoms with Crippen molar-refractivity contribution < 1.29 is 28.9 Å². The lowest BCUT2D eigenvalue weighted by atomic mass is 9.46. The molecule has 6 nitrogen and oxygen atoms in total. The number of allylic oxidation sites excluding steroid dienone is 4. The molecule has 0 aromatic heterocycles. The van der Waals surface area contributed by atoms with Crippen LogP contribution in [0.1, 0.15) is 85.5 Å². The minimum Gasteiger partial charge on any atom is -0.393 e. The number of ether oxygens (including phenoxy) is 3. The number of aliphatic hydroxyl groups is 1. The third-order valence-electron chi connectivity index (χ3n) is 11.4. The number of carbonyl (C=O) groups excluding carboxylic acids is 2. The highest BCUT2D eigenvalue weighted by Gasteiger charge is 2.76. The molecule has 4 saturated carbocycles. The van der Waals surface area contributed by atoms with E-state index in [0.717, 1.165) is 37.7 Å². The summed E-state index contributed by atoms with van der Waals surface area (Å²) >= 11 is 0. The number of carbonyl (C=O) groups is 2. The molecule has 0 aromatic rings. The van der Waals surface area contributed by atoms with E-state index in [1.807, 2.05) is 6.08 Å². The van der Waals surface area contributed by atoms with Crippen LogP contribution in [0.15, 0.2) is 23.8 Å². The summed E-state index contributed by atoms with van der Waals surface area (Å²) in [4.78, 5) is 26.4. The maximum Gasteiger partial charge on any atom is 0.193 e. The second-order valence-electron chi connectivity index (χ2n) is 14.0. The Kier molecular flexibility index (Phi) is 6.81. The van der Waals surface area contributed by atoms with Crippen LogP contribution in [0.2, 0.25) is 0 Å². The van der Waals surface area contributed by atoms with Gasteiger partial charge >= 0.3 is 0 Å². The minimum absolute atomic E-state index is 0.0112. The van der Waals surface area contributed by atoms with E-state index in [9.17, 15) is 14.7 Å². The molecule has 1 saturated heterocycles. The van der Waals surface area contributed by atoms with Crippen molar-refractivity contribution in [3.63, 3.8) is 0 Å². The molecule has 210 valence electrons. The van der Waals surface area contributed by atoms with E-state index >= 15 is 0 Å². The van der Waals surface area contributed by atoms with E-state index in [0.29, 0.717) is 24.9 Å². The van der Waals surface area contributed by atoms with Gasteiger partial charge in [-0.05, 0) is 68.4 Å². The fourth-order valence-electron chi connectivity index (χ4n) is 9.71. The van der Waals surface area contributed by atoms with Crippen molar-refractivity contribution in [1.82, 2.24) is 0 Å². The van der Waals surface area contributed by atoms with Crippen LogP contribution in [-0.2, 0) is 23.8 Å². The van der Waals surface area contributed by atoms with E-state index in [1.165, 1.54) is 19.3 Å². The van der Waals surface area contributed by atoms with Gasteiger partial charge in [-0.15, -0.1) is 0 Å². The molecule has 38 heavy (non-hydrogen) atoms. The molecule has 3 unspecified atom stereocenters. The van der Waals surface area contributed by atoms with Gasteiger partial charge in [0.15, 0.2) is 23.5 Å². The fraction of sp³-hybridized carbons (Fsp3) is 0.812. The van der Waals surface area contributed by atoms with Gasteiger partial charge in [0.1, 0.15) is 6.61 Å². The highest BCUT2D eigenvalue weighted by molar-refractivity contribution is 6.01. The van der Waals surface area contributed by atoms with Crippen LogP contribution in [0.4, 0.5) is 0 Å². The zero-order valence-corrected chi connectivity index (χ0v) is 23.6. The van der Waals surface area contributed by atoms with Crippen LogP contribution in [-0.4, -0.2) is 54.0 Å². The summed E-state index contributed by atoms with van der Waals surface area (Å²) in [5, 5.41) is 11.9. The Morgan fingerprint density at radius 2 is 1.95 bits per heavy atom. The quantitative estimate of drug-likeness (QED) is 0.514. The molecule has 5 aliphatic carbocycles. The molecule has 1 N–H and O–H groups in total. The van der Waals surface area contributed by atoms with Gasteiger partial charge in [0.2, 0.25) is 0 Å². The summed E-state index contributed by atoms with van der Waals surface area (Å²) in [5.74, 6) is 1.15. The standard InChI is InChI=1S/C32H46O6/c1-19(2)17-36-18-26(35)32-27(37-29(38-32)20-8-6-5-7-9-20)15-24-23-11-10-21-14-22(33)12-13-30(21,3)28(23)25(34)16-31(24,32)4/h12-14,19-20,23-25,27-29,34H,5-11,15-18H2,1-4H3/t23?,24?,25-,27+,28?,29+,30-,31-,32+/m0/s1. The topological polar surface area (TPSA) is 82.1 Å². The molecule has 0 spiro atoms. The average Bonchev–Trinajstić information content (AvgIpc) is 3.38. The molecule has 1 aliphatic heterocycles. The highest BCUT2D eigenvalue weighted by Crippen LogP contribution is 2.70. The summed E-state index contributed by atoms with van der Waals surface area (Å²) in [6.07, 6.45) is 13.1. The van der Waals surface area contributed by atoms with Crippen LogP contribution in [0.5, 0.6) is 0 Å². The largest absolute Gasteiger partial charge is 0.393 e. The van der Waals surface area contributed by atoms with Crippen molar-refractivity contribution in [2.24, 2.45) is 40.4 Å². The first kappa shape index (κ1) is 26.9. The number of hydrogen-bond acceptors (Lipinski definition) is 6. The molecular formula is C32H46O6. The van der Waals surface area contributed by atoms with Crippen LogP contribution < -0.4 is 0 Å². The maximum atomic E-state index is 14.2. The zero-order valence-electron chi connectivity index (χ0n) is 23.6. The van der Waals surface area contributed by atoms with Crippen LogP contribution in [0.3, 0.4) is 0 Å². The van der Waals surface area contributed by atoms with Gasteiger partial charge in [0.25, 0.3) is 0 Å². The lowest BCUT2D eigenvalue weighted by molar-refractivity contribution is -0.210. The Bertz CT molecular complexity index is 1020.